The first kappa shape index (κ1) is 40.2. The highest BCUT2D eigenvalue weighted by Crippen LogP contribution is 2.35. The van der Waals surface area contributed by atoms with Gasteiger partial charge in [-0.15, -0.1) is 0 Å². The lowest BCUT2D eigenvalue weighted by Crippen LogP contribution is -2.56. The molecule has 1 aliphatic carbocycles. The second-order valence-electron chi connectivity index (χ2n) is 13.1. The summed E-state index contributed by atoms with van der Waals surface area (Å²) in [6, 6.07) is 2.60. The number of fused-ring (bicyclic) bond motifs is 1. The number of carbonyl (C=O) groups excluding carboxylic acids is 2. The van der Waals surface area contributed by atoms with Gasteiger partial charge < -0.3 is 34.8 Å². The number of hydrogen-bond acceptors (Lipinski definition) is 11. The van der Waals surface area contributed by atoms with E-state index < -0.39 is 23.6 Å². The Bertz CT molecular complexity index is 2090. The molecule has 1 aliphatic heterocycles. The first-order valence-corrected chi connectivity index (χ1v) is 17.9. The van der Waals surface area contributed by atoms with Crippen LogP contribution in [0.1, 0.15) is 67.0 Å². The van der Waals surface area contributed by atoms with Crippen LogP contribution < -0.4 is 20.5 Å². The highest BCUT2D eigenvalue weighted by Gasteiger charge is 2.35. The molecular formula is C36H43ClF3N9O5. The molecule has 0 radical (unpaired) electrons. The van der Waals surface area contributed by atoms with Gasteiger partial charge in [-0.2, -0.15) is 13.2 Å². The molecule has 1 aromatic carbocycles. The summed E-state index contributed by atoms with van der Waals surface area (Å²) in [6.45, 7) is 5.70. The van der Waals surface area contributed by atoms with Crippen LogP contribution in [0, 0.1) is 6.92 Å². The minimum Gasteiger partial charge on any atom is -0.504 e. The maximum Gasteiger partial charge on any atom is 0.416 e. The Morgan fingerprint density at radius 3 is 2.44 bits per heavy atom. The van der Waals surface area contributed by atoms with E-state index in [4.69, 9.17) is 21.7 Å². The molecular weight excluding hydrogens is 731 g/mol. The third-order valence-electron chi connectivity index (χ3n) is 9.95. The molecule has 54 heavy (non-hydrogen) atoms. The summed E-state index contributed by atoms with van der Waals surface area (Å²) in [5.74, 6) is -0.835. The van der Waals surface area contributed by atoms with E-state index in [1.807, 2.05) is 30.7 Å². The molecule has 2 fully saturated rings. The van der Waals surface area contributed by atoms with Crippen LogP contribution in [0.2, 0.25) is 5.02 Å². The second-order valence-corrected chi connectivity index (χ2v) is 13.5. The van der Waals surface area contributed by atoms with Crippen molar-refractivity contribution >= 4 is 51.8 Å². The molecule has 6 rings (SSSR count). The number of rotatable bonds is 9. The van der Waals surface area contributed by atoms with E-state index in [0.717, 1.165) is 44.6 Å². The SMILES string of the molecule is CCc1c(N2CCN(C(=O)c3ncnc(C)c3O)CC2CC)c(=O)c2nc(N(C)C3CCC3)cnc2n1CC(=O)Nc1ccc(C(F)(F)F)cc1Cl.CO. The van der Waals surface area contributed by atoms with E-state index in [9.17, 15) is 32.7 Å². The number of nitrogens with one attached hydrogen (secondary N) is 1. The zero-order chi connectivity index (χ0) is 39.5. The number of piperazine rings is 1. The standard InChI is InChI=1S/C35H39ClF3N9O4.CH4O/c1-5-21-16-46(34(52)29-31(50)19(3)41-18-42-29)12-13-47(21)30-25(6-2)48(17-27(49)43-24-11-10-20(14-23(24)36)35(37,38)39)33-28(32(30)51)44-26(15-40-33)45(4)22-8-7-9-22;1-2/h10-11,14-15,18,21-22,50H,5-9,12-13,16-17H2,1-4H3,(H,43,49);2H,1H3. The van der Waals surface area contributed by atoms with Crippen LogP contribution in [-0.4, -0.2) is 97.3 Å². The number of benzene rings is 1. The maximum atomic E-state index is 14.6. The lowest BCUT2D eigenvalue weighted by molar-refractivity contribution is -0.137. The fraction of sp³-hybridized carbons (Fsp3) is 0.472. The van der Waals surface area contributed by atoms with Crippen molar-refractivity contribution in [2.24, 2.45) is 0 Å². The smallest absolute Gasteiger partial charge is 0.416 e. The number of aryl methyl sites for hydroxylation is 1. The Balaban J connectivity index is 0.00000276. The van der Waals surface area contributed by atoms with Crippen molar-refractivity contribution in [1.29, 1.82) is 0 Å². The summed E-state index contributed by atoms with van der Waals surface area (Å²) in [6.07, 6.45) is 2.11. The Morgan fingerprint density at radius 2 is 1.83 bits per heavy atom. The van der Waals surface area contributed by atoms with Gasteiger partial charge in [0.25, 0.3) is 5.91 Å². The van der Waals surface area contributed by atoms with Gasteiger partial charge in [-0.1, -0.05) is 25.4 Å². The van der Waals surface area contributed by atoms with E-state index in [0.29, 0.717) is 30.0 Å². The molecule has 18 heteroatoms. The van der Waals surface area contributed by atoms with Gasteiger partial charge in [0.05, 0.1) is 28.2 Å². The third kappa shape index (κ3) is 7.92. The van der Waals surface area contributed by atoms with Gasteiger partial charge in [0.15, 0.2) is 22.6 Å². The molecule has 290 valence electrons. The van der Waals surface area contributed by atoms with E-state index >= 15 is 0 Å². The first-order valence-electron chi connectivity index (χ1n) is 17.6. The molecule has 1 saturated heterocycles. The van der Waals surface area contributed by atoms with E-state index in [1.54, 1.807) is 22.6 Å². The molecule has 0 spiro atoms. The van der Waals surface area contributed by atoms with E-state index in [2.05, 4.69) is 20.3 Å². The third-order valence-corrected chi connectivity index (χ3v) is 10.3. The number of carbonyl (C=O) groups is 2. The number of anilines is 3. The number of aromatic hydroxyl groups is 1. The topological polar surface area (TPSA) is 170 Å². The first-order chi connectivity index (χ1) is 25.7. The molecule has 1 saturated carbocycles. The van der Waals surface area contributed by atoms with Crippen molar-refractivity contribution in [2.75, 3.05) is 48.9 Å². The number of pyridine rings is 1. The minimum atomic E-state index is -4.61. The molecule has 3 aromatic heterocycles. The minimum absolute atomic E-state index is 0.00413. The predicted molar refractivity (Wildman–Crippen MR) is 198 cm³/mol. The van der Waals surface area contributed by atoms with Crippen LogP contribution in [0.5, 0.6) is 5.75 Å². The van der Waals surface area contributed by atoms with Crippen molar-refractivity contribution in [3.63, 3.8) is 0 Å². The Morgan fingerprint density at radius 1 is 1.11 bits per heavy atom. The molecule has 3 N–H and O–H groups in total. The number of halogens is 4. The lowest BCUT2D eigenvalue weighted by atomic mass is 9.92. The van der Waals surface area contributed by atoms with E-state index in [1.165, 1.54) is 6.33 Å². The van der Waals surface area contributed by atoms with Crippen molar-refractivity contribution < 1.29 is 33.0 Å². The average Bonchev–Trinajstić information content (AvgIpc) is 3.13. The summed E-state index contributed by atoms with van der Waals surface area (Å²) >= 11 is 6.15. The summed E-state index contributed by atoms with van der Waals surface area (Å²) in [5, 5.41) is 19.8. The van der Waals surface area contributed by atoms with Gasteiger partial charge in [0.2, 0.25) is 11.3 Å². The maximum absolute atomic E-state index is 14.6. The normalized spacial score (nSPS) is 16.1. The van der Waals surface area contributed by atoms with Crippen LogP contribution >= 0.6 is 11.6 Å². The monoisotopic (exact) mass is 773 g/mol. The molecule has 0 bridgehead atoms. The Kier molecular flexibility index (Phi) is 12.3. The van der Waals surface area contributed by atoms with Crippen LogP contribution in [0.3, 0.4) is 0 Å². The molecule has 2 amide bonds. The summed E-state index contributed by atoms with van der Waals surface area (Å²) in [5.41, 5.74) is -0.0716. The molecule has 4 heterocycles. The predicted octanol–water partition coefficient (Wildman–Crippen LogP) is 4.81. The summed E-state index contributed by atoms with van der Waals surface area (Å²) in [4.78, 5) is 64.6. The molecule has 2 aliphatic rings. The van der Waals surface area contributed by atoms with Crippen LogP contribution in [0.15, 0.2) is 35.5 Å². The molecule has 1 atom stereocenters. The van der Waals surface area contributed by atoms with Crippen LogP contribution in [-0.2, 0) is 23.9 Å². The number of alkyl halides is 3. The zero-order valence-corrected chi connectivity index (χ0v) is 31.4. The molecule has 14 nitrogen and oxygen atoms in total. The van der Waals surface area contributed by atoms with Crippen molar-refractivity contribution in [2.45, 2.75) is 77.7 Å². The quantitative estimate of drug-likeness (QED) is 0.214. The summed E-state index contributed by atoms with van der Waals surface area (Å²) in [7, 11) is 2.90. The fourth-order valence-corrected chi connectivity index (χ4v) is 6.99. The van der Waals surface area contributed by atoms with Gasteiger partial charge in [0.1, 0.15) is 24.4 Å². The number of aliphatic hydroxyl groups is 1. The second kappa shape index (κ2) is 16.5. The number of nitrogens with zero attached hydrogens (tertiary/aromatic N) is 8. The Hall–Kier alpha value is -5.03. The molecule has 4 aromatic rings. The van der Waals surface area contributed by atoms with E-state index in [-0.39, 0.29) is 82.7 Å². The number of hydrogen-bond donors (Lipinski definition) is 3. The lowest BCUT2D eigenvalue weighted by Gasteiger charge is -2.43. The largest absolute Gasteiger partial charge is 0.504 e. The van der Waals surface area contributed by atoms with Gasteiger partial charge in [0, 0.05) is 51.6 Å². The molecule has 1 unspecified atom stereocenters. The fourth-order valence-electron chi connectivity index (χ4n) is 6.76. The Labute approximate surface area is 314 Å². The van der Waals surface area contributed by atoms with Crippen molar-refractivity contribution in [3.8, 4) is 5.75 Å². The van der Waals surface area contributed by atoms with Gasteiger partial charge in [-0.25, -0.2) is 19.9 Å². The van der Waals surface area contributed by atoms with Gasteiger partial charge >= 0.3 is 6.18 Å². The van der Waals surface area contributed by atoms with Crippen LogP contribution in [0.4, 0.5) is 30.4 Å². The average molecular weight is 774 g/mol. The zero-order valence-electron chi connectivity index (χ0n) is 30.6. The number of amides is 2. The highest BCUT2D eigenvalue weighted by molar-refractivity contribution is 6.33. The van der Waals surface area contributed by atoms with Crippen LogP contribution in [0.25, 0.3) is 11.2 Å². The summed E-state index contributed by atoms with van der Waals surface area (Å²) < 4.78 is 41.3. The van der Waals surface area contributed by atoms with Gasteiger partial charge in [-0.05, 0) is 57.2 Å². The van der Waals surface area contributed by atoms with Crippen molar-refractivity contribution in [3.05, 3.63) is 68.6 Å². The number of aliphatic hydroxyl groups excluding tert-OH is 1. The van der Waals surface area contributed by atoms with Crippen molar-refractivity contribution in [1.82, 2.24) is 29.4 Å². The highest BCUT2D eigenvalue weighted by atomic mass is 35.5. The van der Waals surface area contributed by atoms with Gasteiger partial charge in [-0.3, -0.25) is 14.4 Å². The number of aromatic nitrogens is 5.